The van der Waals surface area contributed by atoms with E-state index in [1.807, 2.05) is 12.1 Å². The molecule has 8 nitrogen and oxygen atoms in total. The lowest BCUT2D eigenvalue weighted by Gasteiger charge is -2.14. The van der Waals surface area contributed by atoms with Crippen LogP contribution < -0.4 is 10.1 Å². The van der Waals surface area contributed by atoms with Gasteiger partial charge in [-0.05, 0) is 74.5 Å². The molecule has 2 aromatic carbocycles. The zero-order chi connectivity index (χ0) is 23.9. The topological polar surface area (TPSA) is 95.2 Å². The summed E-state index contributed by atoms with van der Waals surface area (Å²) in [5.41, 5.74) is 1.48. The van der Waals surface area contributed by atoms with Crippen LogP contribution in [0.25, 0.3) is 11.0 Å². The Balaban J connectivity index is 1.28. The maximum absolute atomic E-state index is 12.4. The number of carbonyl (C=O) groups excluding carboxylic acids is 2. The number of benzene rings is 2. The molecule has 0 bridgehead atoms. The molecule has 1 aliphatic heterocycles. The van der Waals surface area contributed by atoms with Crippen molar-refractivity contribution in [2.45, 2.75) is 12.8 Å². The highest BCUT2D eigenvalue weighted by Gasteiger charge is 2.14. The molecule has 4 rings (SSSR count). The van der Waals surface area contributed by atoms with Crippen LogP contribution in [0.5, 0.6) is 5.75 Å². The minimum Gasteiger partial charge on any atom is -0.492 e. The molecule has 1 aromatic heterocycles. The Labute approximate surface area is 202 Å². The molecule has 1 aliphatic rings. The lowest BCUT2D eigenvalue weighted by Crippen LogP contribution is -2.25. The first-order valence-electron chi connectivity index (χ1n) is 10.9. The van der Waals surface area contributed by atoms with Crippen molar-refractivity contribution in [3.63, 3.8) is 0 Å². The zero-order valence-corrected chi connectivity index (χ0v) is 19.2. The lowest BCUT2D eigenvalue weighted by atomic mass is 10.1. The van der Waals surface area contributed by atoms with Gasteiger partial charge >= 0.3 is 0 Å². The number of hydrogen-bond donors (Lipinski definition) is 2. The molecule has 0 radical (unpaired) electrons. The summed E-state index contributed by atoms with van der Waals surface area (Å²) in [5, 5.41) is 12.5. The maximum Gasteiger partial charge on any atom is 0.292 e. The fourth-order valence-corrected chi connectivity index (χ4v) is 3.78. The van der Waals surface area contributed by atoms with E-state index in [4.69, 9.17) is 26.1 Å². The normalized spacial score (nSPS) is 13.4. The number of furan rings is 1. The molecule has 1 fully saturated rings. The largest absolute Gasteiger partial charge is 0.492 e. The van der Waals surface area contributed by atoms with Gasteiger partial charge < -0.3 is 14.5 Å². The van der Waals surface area contributed by atoms with Gasteiger partial charge in [0.05, 0.1) is 6.54 Å². The lowest BCUT2D eigenvalue weighted by molar-refractivity contribution is 0.00924. The molecule has 2 heterocycles. The van der Waals surface area contributed by atoms with Gasteiger partial charge in [-0.25, -0.2) is 0 Å². The van der Waals surface area contributed by atoms with Gasteiger partial charge in [0.25, 0.3) is 11.8 Å². The standard InChI is InChI=1S/C25H24ClN3O5/c26-29(32)25(31)19-7-5-18(6-8-19)4-3-11-27-24(30)23-17-20-16-21(9-10-22(20)34-23)33-15-14-28-12-1-2-13-28/h5-10,16-17,32H,1-2,11-15H2,(H,27,30). The summed E-state index contributed by atoms with van der Waals surface area (Å²) in [5.74, 6) is 5.57. The molecule has 0 spiro atoms. The highest BCUT2D eigenvalue weighted by Crippen LogP contribution is 2.24. The fourth-order valence-electron chi connectivity index (χ4n) is 3.68. The molecule has 2 N–H and O–H groups in total. The molecule has 34 heavy (non-hydrogen) atoms. The van der Waals surface area contributed by atoms with Gasteiger partial charge in [0.1, 0.15) is 17.9 Å². The van der Waals surface area contributed by atoms with Gasteiger partial charge in [0.2, 0.25) is 0 Å². The number of fused-ring (bicyclic) bond motifs is 1. The van der Waals surface area contributed by atoms with Crippen molar-refractivity contribution >= 4 is 34.6 Å². The third kappa shape index (κ3) is 6.08. The van der Waals surface area contributed by atoms with E-state index >= 15 is 0 Å². The van der Waals surface area contributed by atoms with Crippen molar-refractivity contribution < 1.29 is 24.0 Å². The van der Waals surface area contributed by atoms with Crippen LogP contribution >= 0.6 is 11.8 Å². The third-order valence-corrected chi connectivity index (χ3v) is 5.61. The number of ether oxygens (including phenoxy) is 1. The summed E-state index contributed by atoms with van der Waals surface area (Å²) >= 11 is 5.22. The summed E-state index contributed by atoms with van der Waals surface area (Å²) in [6.45, 7) is 3.93. The highest BCUT2D eigenvalue weighted by molar-refractivity contribution is 6.22. The number of hydrogen-bond acceptors (Lipinski definition) is 6. The van der Waals surface area contributed by atoms with E-state index in [9.17, 15) is 9.59 Å². The predicted molar refractivity (Wildman–Crippen MR) is 127 cm³/mol. The molecule has 0 aliphatic carbocycles. The molecular weight excluding hydrogens is 458 g/mol. The molecule has 0 atom stereocenters. The minimum absolute atomic E-state index is 0.00230. The van der Waals surface area contributed by atoms with Crippen LogP contribution in [0.4, 0.5) is 0 Å². The number of likely N-dealkylation sites (tertiary alicyclic amines) is 1. The Hall–Kier alpha value is -3.51. The molecule has 2 amide bonds. The number of rotatable bonds is 7. The number of hydroxylamine groups is 1. The second kappa shape index (κ2) is 11.1. The van der Waals surface area contributed by atoms with Crippen molar-refractivity contribution in [1.82, 2.24) is 14.8 Å². The van der Waals surface area contributed by atoms with Gasteiger partial charge in [-0.2, -0.15) is 0 Å². The van der Waals surface area contributed by atoms with Gasteiger partial charge in [-0.1, -0.05) is 11.8 Å². The third-order valence-electron chi connectivity index (χ3n) is 5.46. The fraction of sp³-hybridized carbons (Fsp3) is 0.280. The Morgan fingerprint density at radius 2 is 1.91 bits per heavy atom. The summed E-state index contributed by atoms with van der Waals surface area (Å²) in [6.07, 6.45) is 2.51. The molecule has 0 saturated carbocycles. The number of carbonyl (C=O) groups is 2. The van der Waals surface area contributed by atoms with E-state index in [1.54, 1.807) is 24.3 Å². The molecule has 9 heteroatoms. The number of amides is 2. The van der Waals surface area contributed by atoms with E-state index in [-0.39, 0.29) is 28.4 Å². The second-order valence-corrected chi connectivity index (χ2v) is 8.15. The van der Waals surface area contributed by atoms with Gasteiger partial charge in [0, 0.05) is 34.8 Å². The minimum atomic E-state index is -0.736. The molecule has 176 valence electrons. The first kappa shape index (κ1) is 23.6. The number of nitrogens with zero attached hydrogens (tertiary/aromatic N) is 2. The SMILES string of the molecule is O=C(NCC#Cc1ccc(C(=O)N(O)Cl)cc1)c1cc2cc(OCCN3CCCC3)ccc2o1. The Morgan fingerprint density at radius 1 is 1.15 bits per heavy atom. The van der Waals surface area contributed by atoms with Gasteiger partial charge in [-0.3, -0.25) is 19.7 Å². The maximum atomic E-state index is 12.4. The monoisotopic (exact) mass is 481 g/mol. The molecular formula is C25H24ClN3O5. The van der Waals surface area contributed by atoms with Gasteiger partial charge in [-0.15, -0.1) is 4.58 Å². The molecule has 1 saturated heterocycles. The number of halogens is 1. The average Bonchev–Trinajstić information content (AvgIpc) is 3.51. The van der Waals surface area contributed by atoms with Crippen LogP contribution in [0.15, 0.2) is 52.9 Å². The van der Waals surface area contributed by atoms with E-state index in [2.05, 4.69) is 22.1 Å². The summed E-state index contributed by atoms with van der Waals surface area (Å²) in [4.78, 5) is 26.4. The van der Waals surface area contributed by atoms with E-state index in [1.165, 1.54) is 25.0 Å². The van der Waals surface area contributed by atoms with Gasteiger partial charge in [0.15, 0.2) is 5.76 Å². The van der Waals surface area contributed by atoms with Crippen molar-refractivity contribution in [3.05, 3.63) is 65.4 Å². The predicted octanol–water partition coefficient (Wildman–Crippen LogP) is 3.67. The second-order valence-electron chi connectivity index (χ2n) is 7.83. The molecule has 3 aromatic rings. The van der Waals surface area contributed by atoms with E-state index in [0.29, 0.717) is 17.8 Å². The summed E-state index contributed by atoms with van der Waals surface area (Å²) < 4.78 is 11.5. The van der Waals surface area contributed by atoms with Crippen molar-refractivity contribution in [1.29, 1.82) is 0 Å². The first-order chi connectivity index (χ1) is 16.5. The van der Waals surface area contributed by atoms with Crippen LogP contribution in [0.3, 0.4) is 0 Å². The first-order valence-corrected chi connectivity index (χ1v) is 11.3. The Morgan fingerprint density at radius 3 is 2.65 bits per heavy atom. The van der Waals surface area contributed by atoms with E-state index in [0.717, 1.165) is 30.8 Å². The van der Waals surface area contributed by atoms with Crippen LogP contribution in [-0.4, -0.2) is 59.3 Å². The Kier molecular flexibility index (Phi) is 7.70. The quantitative estimate of drug-likeness (QED) is 0.231. The van der Waals surface area contributed by atoms with Crippen LogP contribution in [0.2, 0.25) is 0 Å². The highest BCUT2D eigenvalue weighted by atomic mass is 35.5. The molecule has 0 unspecified atom stereocenters. The van der Waals surface area contributed by atoms with Crippen LogP contribution in [0.1, 0.15) is 39.3 Å². The number of nitrogens with one attached hydrogen (secondary N) is 1. The zero-order valence-electron chi connectivity index (χ0n) is 18.4. The Bertz CT molecular complexity index is 1220. The van der Waals surface area contributed by atoms with Crippen molar-refractivity contribution in [2.75, 3.05) is 32.8 Å². The smallest absolute Gasteiger partial charge is 0.292 e. The summed E-state index contributed by atoms with van der Waals surface area (Å²) in [7, 11) is 0. The van der Waals surface area contributed by atoms with Crippen molar-refractivity contribution in [2.24, 2.45) is 0 Å². The van der Waals surface area contributed by atoms with E-state index < -0.39 is 5.91 Å². The van der Waals surface area contributed by atoms with Crippen LogP contribution in [0, 0.1) is 11.8 Å². The van der Waals surface area contributed by atoms with Crippen LogP contribution in [-0.2, 0) is 0 Å². The van der Waals surface area contributed by atoms with Crippen molar-refractivity contribution in [3.8, 4) is 17.6 Å². The summed E-state index contributed by atoms with van der Waals surface area (Å²) in [6, 6.07) is 13.4. The average molecular weight is 482 g/mol.